The van der Waals surface area contributed by atoms with E-state index in [4.69, 9.17) is 10.3 Å². The highest BCUT2D eigenvalue weighted by molar-refractivity contribution is 6.25. The summed E-state index contributed by atoms with van der Waals surface area (Å²) in [6.07, 6.45) is 0.282. The Labute approximate surface area is 94.6 Å². The van der Waals surface area contributed by atoms with Crippen LogP contribution in [0.25, 0.3) is 5.53 Å². The number of ether oxygens (including phenoxy) is 1. The first kappa shape index (κ1) is 14.3. The van der Waals surface area contributed by atoms with Crippen molar-refractivity contribution in [2.24, 2.45) is 0 Å². The standard InChI is InChI=1S/C10H17N3O3/c1-7(5-8(14)6-12-11)13-9(15)16-10(2,3)4/h6-7H,5H2,1-4H3,(H,13,15)/t7-/m0/s1. The highest BCUT2D eigenvalue weighted by Gasteiger charge is 2.19. The van der Waals surface area contributed by atoms with Crippen LogP contribution < -0.4 is 5.32 Å². The van der Waals surface area contributed by atoms with E-state index in [-0.39, 0.29) is 18.2 Å². The van der Waals surface area contributed by atoms with Crippen molar-refractivity contribution in [3.63, 3.8) is 0 Å². The van der Waals surface area contributed by atoms with Gasteiger partial charge < -0.3 is 15.6 Å². The topological polar surface area (TPSA) is 91.8 Å². The molecular formula is C10H17N3O3. The third kappa shape index (κ3) is 7.70. The van der Waals surface area contributed by atoms with Crippen LogP contribution in [0.5, 0.6) is 0 Å². The molecule has 0 spiro atoms. The molecule has 0 aliphatic carbocycles. The maximum absolute atomic E-state index is 11.3. The summed E-state index contributed by atoms with van der Waals surface area (Å²) in [6, 6.07) is -0.375. The van der Waals surface area contributed by atoms with Gasteiger partial charge in [0.15, 0.2) is 0 Å². The van der Waals surface area contributed by atoms with Gasteiger partial charge in [-0.25, -0.2) is 4.79 Å². The van der Waals surface area contributed by atoms with Crippen LogP contribution in [0.4, 0.5) is 4.79 Å². The van der Waals surface area contributed by atoms with Gasteiger partial charge in [-0.1, -0.05) is 0 Å². The van der Waals surface area contributed by atoms with Crippen molar-refractivity contribution >= 4 is 18.1 Å². The zero-order chi connectivity index (χ0) is 12.8. The van der Waals surface area contributed by atoms with Crippen molar-refractivity contribution in [1.29, 1.82) is 0 Å². The molecule has 0 rings (SSSR count). The van der Waals surface area contributed by atoms with Crippen molar-refractivity contribution in [3.8, 4) is 0 Å². The van der Waals surface area contributed by atoms with Crippen LogP contribution >= 0.6 is 0 Å². The smallest absolute Gasteiger partial charge is 0.407 e. The highest BCUT2D eigenvalue weighted by atomic mass is 16.6. The van der Waals surface area contributed by atoms with Crippen LogP contribution in [0.1, 0.15) is 34.1 Å². The molecule has 90 valence electrons. The minimum absolute atomic E-state index is 0.0588. The molecule has 1 N–H and O–H groups in total. The van der Waals surface area contributed by atoms with E-state index in [1.807, 2.05) is 0 Å². The second kappa shape index (κ2) is 6.02. The van der Waals surface area contributed by atoms with Gasteiger partial charge in [0.05, 0.1) is 0 Å². The zero-order valence-electron chi connectivity index (χ0n) is 9.98. The van der Waals surface area contributed by atoms with Crippen LogP contribution in [0.3, 0.4) is 0 Å². The van der Waals surface area contributed by atoms with Gasteiger partial charge in [0.25, 0.3) is 0 Å². The molecule has 0 heterocycles. The molecule has 0 fully saturated rings. The summed E-state index contributed by atoms with van der Waals surface area (Å²) in [5, 5.41) is 2.50. The van der Waals surface area contributed by atoms with Gasteiger partial charge >= 0.3 is 12.3 Å². The van der Waals surface area contributed by atoms with Crippen LogP contribution in [0, 0.1) is 0 Å². The number of carbonyl (C=O) groups excluding carboxylic acids is 2. The Bertz CT molecular complexity index is 314. The molecule has 0 aliphatic heterocycles. The van der Waals surface area contributed by atoms with E-state index >= 15 is 0 Å². The first-order chi connectivity index (χ1) is 7.24. The largest absolute Gasteiger partial charge is 0.444 e. The molecule has 0 aromatic rings. The number of amides is 1. The van der Waals surface area contributed by atoms with E-state index in [0.717, 1.165) is 6.21 Å². The summed E-state index contributed by atoms with van der Waals surface area (Å²) < 4.78 is 5.01. The predicted molar refractivity (Wildman–Crippen MR) is 58.1 cm³/mol. The number of alkyl carbamates (subject to hydrolysis) is 1. The molecule has 0 bridgehead atoms. The Balaban J connectivity index is 4.05. The van der Waals surface area contributed by atoms with Crippen molar-refractivity contribution in [1.82, 2.24) is 5.32 Å². The fraction of sp³-hybridized carbons (Fsp3) is 0.700. The first-order valence-corrected chi connectivity index (χ1v) is 4.94. The van der Waals surface area contributed by atoms with Gasteiger partial charge in [0, 0.05) is 12.5 Å². The predicted octanol–water partition coefficient (Wildman–Crippen LogP) is 1.16. The van der Waals surface area contributed by atoms with Gasteiger partial charge in [-0.15, -0.1) is 0 Å². The monoisotopic (exact) mass is 227 g/mol. The lowest BCUT2D eigenvalue weighted by atomic mass is 10.2. The van der Waals surface area contributed by atoms with Crippen molar-refractivity contribution in [2.45, 2.75) is 45.8 Å². The van der Waals surface area contributed by atoms with Crippen LogP contribution in [0.2, 0.25) is 0 Å². The molecular weight excluding hydrogens is 210 g/mol. The van der Waals surface area contributed by atoms with E-state index in [0.29, 0.717) is 0 Å². The van der Waals surface area contributed by atoms with Gasteiger partial charge in [-0.2, -0.15) is 4.79 Å². The van der Waals surface area contributed by atoms with Crippen LogP contribution in [-0.2, 0) is 9.53 Å². The molecule has 1 atom stereocenters. The Kier molecular flexibility index (Phi) is 5.39. The lowest BCUT2D eigenvalue weighted by molar-refractivity contribution is -0.116. The third-order valence-corrected chi connectivity index (χ3v) is 1.47. The molecule has 0 unspecified atom stereocenters. The van der Waals surface area contributed by atoms with Crippen LogP contribution in [-0.4, -0.2) is 34.5 Å². The van der Waals surface area contributed by atoms with E-state index in [1.165, 1.54) is 0 Å². The number of hydrogen-bond acceptors (Lipinski definition) is 3. The van der Waals surface area contributed by atoms with Crippen molar-refractivity contribution in [3.05, 3.63) is 5.53 Å². The van der Waals surface area contributed by atoms with Gasteiger partial charge in [0.1, 0.15) is 5.60 Å². The highest BCUT2D eigenvalue weighted by Crippen LogP contribution is 2.07. The molecule has 0 saturated heterocycles. The minimum Gasteiger partial charge on any atom is -0.444 e. The summed E-state index contributed by atoms with van der Waals surface area (Å²) in [4.78, 5) is 24.9. The van der Waals surface area contributed by atoms with Gasteiger partial charge in [0.2, 0.25) is 5.78 Å². The molecule has 0 aromatic carbocycles. The number of rotatable bonds is 4. The summed E-state index contributed by atoms with van der Waals surface area (Å²) in [7, 11) is 0. The molecule has 0 aromatic heterocycles. The number of ketones is 1. The number of nitrogens with zero attached hydrogens (tertiary/aromatic N) is 2. The zero-order valence-corrected chi connectivity index (χ0v) is 9.98. The Hall–Kier alpha value is -1.68. The lowest BCUT2D eigenvalue weighted by Crippen LogP contribution is -2.38. The number of nitrogens with one attached hydrogen (secondary N) is 1. The molecule has 0 aliphatic rings. The fourth-order valence-electron chi connectivity index (χ4n) is 0.979. The second-order valence-electron chi connectivity index (χ2n) is 4.46. The maximum atomic E-state index is 11.3. The normalized spacial score (nSPS) is 12.2. The molecule has 0 radical (unpaired) electrons. The first-order valence-electron chi connectivity index (χ1n) is 4.94. The van der Waals surface area contributed by atoms with E-state index in [1.54, 1.807) is 27.7 Å². The Morgan fingerprint density at radius 2 is 2.06 bits per heavy atom. The fourth-order valence-corrected chi connectivity index (χ4v) is 0.979. The average molecular weight is 227 g/mol. The van der Waals surface area contributed by atoms with E-state index in [2.05, 4.69) is 10.1 Å². The Morgan fingerprint density at radius 3 is 2.50 bits per heavy atom. The van der Waals surface area contributed by atoms with Crippen LogP contribution in [0.15, 0.2) is 0 Å². The molecule has 6 heteroatoms. The summed E-state index contributed by atoms with van der Waals surface area (Å²) >= 11 is 0. The quantitative estimate of drug-likeness (QED) is 0.443. The number of Topliss-reactive ketones (excluding diaryl/α,β-unsaturated/α-hetero) is 1. The molecule has 0 saturated carbocycles. The summed E-state index contributed by atoms with van der Waals surface area (Å²) in [6.45, 7) is 6.91. The van der Waals surface area contributed by atoms with E-state index in [9.17, 15) is 9.59 Å². The molecule has 16 heavy (non-hydrogen) atoms. The summed E-state index contributed by atoms with van der Waals surface area (Å²) in [5.41, 5.74) is 7.55. The number of carbonyl (C=O) groups is 2. The summed E-state index contributed by atoms with van der Waals surface area (Å²) in [5.74, 6) is -0.369. The minimum atomic E-state index is -0.575. The molecule has 1 amide bonds. The van der Waals surface area contributed by atoms with Gasteiger partial charge in [-0.3, -0.25) is 4.79 Å². The molecule has 6 nitrogen and oxygen atoms in total. The second-order valence-corrected chi connectivity index (χ2v) is 4.46. The Morgan fingerprint density at radius 1 is 1.50 bits per heavy atom. The van der Waals surface area contributed by atoms with Crippen molar-refractivity contribution < 1.29 is 19.1 Å². The third-order valence-electron chi connectivity index (χ3n) is 1.47. The number of hydrogen-bond donors (Lipinski definition) is 1. The average Bonchev–Trinajstić information content (AvgIpc) is 1.98. The SMILES string of the molecule is C[C@@H](CC(=O)C=[N+]=[N-])NC(=O)OC(C)(C)C. The maximum Gasteiger partial charge on any atom is 0.407 e. The van der Waals surface area contributed by atoms with E-state index < -0.39 is 11.7 Å². The lowest BCUT2D eigenvalue weighted by Gasteiger charge is -2.21. The van der Waals surface area contributed by atoms with Crippen molar-refractivity contribution in [2.75, 3.05) is 0 Å². The van der Waals surface area contributed by atoms with Gasteiger partial charge in [-0.05, 0) is 27.7 Å².